The van der Waals surface area contributed by atoms with Gasteiger partial charge in [-0.05, 0) is 25.5 Å². The normalized spacial score (nSPS) is 14.3. The van der Waals surface area contributed by atoms with E-state index in [1.54, 1.807) is 0 Å². The maximum atomic E-state index is 12.5. The van der Waals surface area contributed by atoms with Crippen LogP contribution in [0, 0.1) is 10.1 Å². The van der Waals surface area contributed by atoms with Gasteiger partial charge in [0.25, 0.3) is 0 Å². The van der Waals surface area contributed by atoms with Crippen molar-refractivity contribution < 1.29 is 38.4 Å². The number of carbonyl (C=O) groups is 5. The minimum atomic E-state index is -1.02. The molecule has 2 amide bonds. The van der Waals surface area contributed by atoms with Crippen molar-refractivity contribution in [3.63, 3.8) is 0 Å². The van der Waals surface area contributed by atoms with Gasteiger partial charge in [0, 0.05) is 18.6 Å². The predicted octanol–water partition coefficient (Wildman–Crippen LogP) is 3.33. The van der Waals surface area contributed by atoms with E-state index >= 15 is 0 Å². The van der Waals surface area contributed by atoms with Gasteiger partial charge < -0.3 is 9.47 Å². The molecule has 1 aromatic rings. The first-order valence-corrected chi connectivity index (χ1v) is 11.3. The molecule has 1 heterocycles. The van der Waals surface area contributed by atoms with Crippen LogP contribution in [0.2, 0.25) is 0 Å². The van der Waals surface area contributed by atoms with Crippen LogP contribution < -0.4 is 9.64 Å². The molecule has 0 radical (unpaired) electrons. The highest BCUT2D eigenvalue weighted by atomic mass is 32.2. The molecular formula is C19H20N2O9S2. The molecule has 2 rings (SSSR count). The Balaban J connectivity index is 2.47. The fourth-order valence-electron chi connectivity index (χ4n) is 2.75. The number of esters is 2. The van der Waals surface area contributed by atoms with Crippen LogP contribution in [0.4, 0.5) is 16.2 Å². The molecule has 0 aliphatic carbocycles. The number of imide groups is 1. The van der Waals surface area contributed by atoms with Crippen molar-refractivity contribution in [2.24, 2.45) is 0 Å². The Morgan fingerprint density at radius 1 is 1.22 bits per heavy atom. The molecule has 172 valence electrons. The molecule has 1 saturated heterocycles. The van der Waals surface area contributed by atoms with E-state index in [-0.39, 0.29) is 17.3 Å². The van der Waals surface area contributed by atoms with Crippen LogP contribution in [0.25, 0.3) is 0 Å². The molecule has 1 aliphatic rings. The molecule has 32 heavy (non-hydrogen) atoms. The van der Waals surface area contributed by atoms with Gasteiger partial charge in [-0.15, -0.1) is 0 Å². The van der Waals surface area contributed by atoms with Crippen molar-refractivity contribution in [1.29, 1.82) is 0 Å². The number of hydrogen-bond donors (Lipinski definition) is 0. The van der Waals surface area contributed by atoms with Crippen LogP contribution in [0.15, 0.2) is 12.1 Å². The van der Waals surface area contributed by atoms with Crippen molar-refractivity contribution in [1.82, 2.24) is 0 Å². The predicted molar refractivity (Wildman–Crippen MR) is 117 cm³/mol. The van der Waals surface area contributed by atoms with Crippen LogP contribution in [-0.2, 0) is 19.1 Å². The molecule has 0 spiro atoms. The van der Waals surface area contributed by atoms with Gasteiger partial charge >= 0.3 is 17.6 Å². The lowest BCUT2D eigenvalue weighted by molar-refractivity contribution is -0.384. The first-order chi connectivity index (χ1) is 15.1. The van der Waals surface area contributed by atoms with Crippen LogP contribution >= 0.6 is 23.5 Å². The standard InChI is InChI=1S/C19H20N2O9S2/c1-4-9-31-19(26)32-10(2)17(24)30-12-6-5-11(18(25)29-3)15(16(12)21(27)28)20-13(22)7-8-14(20)23/h5-6,10H,4,7-9H2,1-3H3. The van der Waals surface area contributed by atoms with E-state index in [4.69, 9.17) is 4.74 Å². The highest BCUT2D eigenvalue weighted by Crippen LogP contribution is 2.42. The number of benzene rings is 1. The third-order valence-corrected chi connectivity index (χ3v) is 6.45. The van der Waals surface area contributed by atoms with Crippen LogP contribution in [0.5, 0.6) is 5.75 Å². The van der Waals surface area contributed by atoms with E-state index in [1.165, 1.54) is 6.92 Å². The molecule has 0 bridgehead atoms. The Kier molecular flexibility index (Phi) is 8.78. The monoisotopic (exact) mass is 484 g/mol. The fraction of sp³-hybridized carbons (Fsp3) is 0.421. The zero-order valence-corrected chi connectivity index (χ0v) is 19.1. The SMILES string of the molecule is CCCSC(=O)SC(C)C(=O)Oc1ccc(C(=O)OC)c(N2C(=O)CCC2=O)c1[N+](=O)[O-]. The molecule has 13 heteroatoms. The average molecular weight is 485 g/mol. The quantitative estimate of drug-likeness (QED) is 0.176. The van der Waals surface area contributed by atoms with Gasteiger partial charge in [0.15, 0.2) is 0 Å². The van der Waals surface area contributed by atoms with Crippen LogP contribution in [0.3, 0.4) is 0 Å². The number of nitro groups is 1. The number of rotatable bonds is 8. The molecule has 1 fully saturated rings. The molecule has 0 N–H and O–H groups in total. The summed E-state index contributed by atoms with van der Waals surface area (Å²) in [6.07, 6.45) is 0.392. The molecule has 0 aromatic heterocycles. The molecule has 1 unspecified atom stereocenters. The Bertz CT molecular complexity index is 964. The van der Waals surface area contributed by atoms with E-state index in [0.717, 1.165) is 37.4 Å². The minimum Gasteiger partial charge on any atom is -0.465 e. The molecule has 1 aliphatic heterocycles. The van der Waals surface area contributed by atoms with Crippen molar-refractivity contribution in [3.8, 4) is 5.75 Å². The van der Waals surface area contributed by atoms with Crippen LogP contribution in [0.1, 0.15) is 43.5 Å². The maximum Gasteiger partial charge on any atom is 0.340 e. The van der Waals surface area contributed by atoms with E-state index in [1.807, 2.05) is 6.92 Å². The third kappa shape index (κ3) is 5.65. The fourth-order valence-corrected chi connectivity index (χ4v) is 4.51. The summed E-state index contributed by atoms with van der Waals surface area (Å²) in [5, 5.41) is 10.9. The summed E-state index contributed by atoms with van der Waals surface area (Å²) in [6.45, 7) is 3.30. The number of anilines is 1. The Labute approximate surface area is 191 Å². The molecule has 1 atom stereocenters. The van der Waals surface area contributed by atoms with Crippen molar-refractivity contribution >= 4 is 63.1 Å². The number of nitrogens with zero attached hydrogens (tertiary/aromatic N) is 2. The number of hydrogen-bond acceptors (Lipinski definition) is 11. The number of amides is 2. The van der Waals surface area contributed by atoms with E-state index in [0.29, 0.717) is 22.4 Å². The maximum absolute atomic E-state index is 12.5. The van der Waals surface area contributed by atoms with E-state index < -0.39 is 56.6 Å². The highest BCUT2D eigenvalue weighted by molar-refractivity contribution is 8.38. The number of ether oxygens (including phenoxy) is 2. The van der Waals surface area contributed by atoms with Gasteiger partial charge in [0.05, 0.1) is 17.6 Å². The molecule has 11 nitrogen and oxygen atoms in total. The number of thioether (sulfide) groups is 2. The summed E-state index contributed by atoms with van der Waals surface area (Å²) in [6, 6.07) is 2.07. The zero-order valence-electron chi connectivity index (χ0n) is 17.4. The van der Waals surface area contributed by atoms with Gasteiger partial charge in [0.2, 0.25) is 22.0 Å². The average Bonchev–Trinajstić information content (AvgIpc) is 3.08. The topological polar surface area (TPSA) is 150 Å². The Morgan fingerprint density at radius 2 is 1.84 bits per heavy atom. The summed E-state index contributed by atoms with van der Waals surface area (Å²) in [5.41, 5.74) is -1.93. The second-order valence-corrected chi connectivity index (χ2v) is 9.10. The Morgan fingerprint density at radius 3 is 2.38 bits per heavy atom. The van der Waals surface area contributed by atoms with Gasteiger partial charge in [-0.3, -0.25) is 29.3 Å². The van der Waals surface area contributed by atoms with Crippen LogP contribution in [-0.4, -0.2) is 51.2 Å². The largest absolute Gasteiger partial charge is 0.465 e. The Hall–Kier alpha value is -2.93. The molecular weight excluding hydrogens is 464 g/mol. The lowest BCUT2D eigenvalue weighted by Crippen LogP contribution is -2.31. The van der Waals surface area contributed by atoms with Crippen molar-refractivity contribution in [2.75, 3.05) is 17.8 Å². The van der Waals surface area contributed by atoms with Crippen molar-refractivity contribution in [2.45, 2.75) is 38.4 Å². The first-order valence-electron chi connectivity index (χ1n) is 9.42. The second-order valence-electron chi connectivity index (χ2n) is 6.46. The van der Waals surface area contributed by atoms with E-state index in [2.05, 4.69) is 4.74 Å². The third-order valence-electron chi connectivity index (χ3n) is 4.22. The lowest BCUT2D eigenvalue weighted by Gasteiger charge is -2.19. The minimum absolute atomic E-state index is 0.189. The second kappa shape index (κ2) is 11.1. The number of methoxy groups -OCH3 is 1. The summed E-state index contributed by atoms with van der Waals surface area (Å²) in [7, 11) is 1.03. The summed E-state index contributed by atoms with van der Waals surface area (Å²) < 4.78 is 9.46. The number of nitro benzene ring substituents is 1. The summed E-state index contributed by atoms with van der Waals surface area (Å²) in [5.74, 6) is -3.44. The van der Waals surface area contributed by atoms with Crippen molar-refractivity contribution in [3.05, 3.63) is 27.8 Å². The number of carbonyl (C=O) groups excluding carboxylic acids is 5. The van der Waals surface area contributed by atoms with Gasteiger partial charge in [-0.1, -0.05) is 30.4 Å². The van der Waals surface area contributed by atoms with Gasteiger partial charge in [0.1, 0.15) is 10.9 Å². The molecule has 0 saturated carbocycles. The van der Waals surface area contributed by atoms with E-state index in [9.17, 15) is 34.1 Å². The highest BCUT2D eigenvalue weighted by Gasteiger charge is 2.41. The zero-order chi connectivity index (χ0) is 24.0. The summed E-state index contributed by atoms with van der Waals surface area (Å²) in [4.78, 5) is 72.5. The first kappa shape index (κ1) is 25.3. The summed E-state index contributed by atoms with van der Waals surface area (Å²) >= 11 is 1.75. The van der Waals surface area contributed by atoms with Gasteiger partial charge in [-0.2, -0.15) is 0 Å². The molecule has 1 aromatic carbocycles. The van der Waals surface area contributed by atoms with Gasteiger partial charge in [-0.25, -0.2) is 9.69 Å². The smallest absolute Gasteiger partial charge is 0.340 e. The lowest BCUT2D eigenvalue weighted by atomic mass is 10.1.